The van der Waals surface area contributed by atoms with Crippen molar-refractivity contribution in [2.75, 3.05) is 14.2 Å². The molecule has 0 unspecified atom stereocenters. The molecule has 0 radical (unpaired) electrons. The summed E-state index contributed by atoms with van der Waals surface area (Å²) >= 11 is 5.76. The summed E-state index contributed by atoms with van der Waals surface area (Å²) in [6, 6.07) is 1.44. The number of aldehydes is 1. The number of carbonyl (C=O) groups excluding carboxylic acids is 1. The highest BCUT2D eigenvalue weighted by molar-refractivity contribution is 6.34. The zero-order chi connectivity index (χ0) is 9.84. The summed E-state index contributed by atoms with van der Waals surface area (Å²) in [5, 5.41) is 0.193. The van der Waals surface area contributed by atoms with Gasteiger partial charge in [-0.25, -0.2) is 0 Å². The van der Waals surface area contributed by atoms with E-state index in [0.29, 0.717) is 17.7 Å². The molecule has 13 heavy (non-hydrogen) atoms. The number of carbonyl (C=O) groups is 1. The Hall–Kier alpha value is -1.29. The van der Waals surface area contributed by atoms with Gasteiger partial charge in [-0.05, 0) is 0 Å². The Morgan fingerprint density at radius 1 is 1.46 bits per heavy atom. The molecule has 0 bridgehead atoms. The summed E-state index contributed by atoms with van der Waals surface area (Å²) in [5.74, 6) is 0.478. The van der Waals surface area contributed by atoms with E-state index in [9.17, 15) is 4.79 Å². The molecule has 0 spiro atoms. The predicted octanol–water partition coefficient (Wildman–Crippen LogP) is 1.56. The van der Waals surface area contributed by atoms with Crippen molar-refractivity contribution >= 4 is 17.9 Å². The molecule has 0 fully saturated rings. The molecular weight excluding hydrogens is 194 g/mol. The van der Waals surface area contributed by atoms with E-state index in [1.165, 1.54) is 20.3 Å². The highest BCUT2D eigenvalue weighted by Gasteiger charge is 2.10. The molecule has 0 aliphatic rings. The molecule has 0 amide bonds. The molecule has 1 aromatic heterocycles. The molecule has 0 aliphatic carbocycles. The third kappa shape index (κ3) is 1.89. The Kier molecular flexibility index (Phi) is 3.08. The minimum Gasteiger partial charge on any atom is -0.481 e. The first kappa shape index (κ1) is 9.80. The van der Waals surface area contributed by atoms with E-state index in [2.05, 4.69) is 4.98 Å². The lowest BCUT2D eigenvalue weighted by Crippen LogP contribution is -1.96. The number of methoxy groups -OCH3 is 2. The summed E-state index contributed by atoms with van der Waals surface area (Å²) in [5.41, 5.74) is 0.297. The van der Waals surface area contributed by atoms with E-state index < -0.39 is 0 Å². The second-order valence-corrected chi connectivity index (χ2v) is 2.57. The van der Waals surface area contributed by atoms with Gasteiger partial charge in [-0.1, -0.05) is 11.6 Å². The number of rotatable bonds is 3. The molecular formula is C8H8ClNO3. The minimum absolute atomic E-state index is 0.183. The van der Waals surface area contributed by atoms with Crippen LogP contribution in [0.1, 0.15) is 10.4 Å². The largest absolute Gasteiger partial charge is 0.481 e. The van der Waals surface area contributed by atoms with Gasteiger partial charge < -0.3 is 9.47 Å². The molecule has 0 atom stereocenters. The van der Waals surface area contributed by atoms with Crippen LogP contribution >= 0.6 is 11.6 Å². The molecule has 5 heteroatoms. The molecule has 0 aromatic carbocycles. The number of hydrogen-bond donors (Lipinski definition) is 0. The maximum atomic E-state index is 10.5. The fraction of sp³-hybridized carbons (Fsp3) is 0.250. The summed E-state index contributed by atoms with van der Waals surface area (Å²) in [6.07, 6.45) is 0.620. The zero-order valence-corrected chi connectivity index (χ0v) is 7.96. The molecule has 4 nitrogen and oxygen atoms in total. The Balaban J connectivity index is 3.28. The van der Waals surface area contributed by atoms with Gasteiger partial charge in [-0.2, -0.15) is 4.98 Å². The average Bonchev–Trinajstić information content (AvgIpc) is 2.18. The van der Waals surface area contributed by atoms with Crippen LogP contribution in [0.4, 0.5) is 0 Å². The van der Waals surface area contributed by atoms with E-state index in [1.54, 1.807) is 0 Å². The van der Waals surface area contributed by atoms with Gasteiger partial charge in [-0.15, -0.1) is 0 Å². The van der Waals surface area contributed by atoms with E-state index in [-0.39, 0.29) is 10.9 Å². The van der Waals surface area contributed by atoms with Gasteiger partial charge in [0.1, 0.15) is 5.02 Å². The number of halogens is 1. The molecule has 0 saturated heterocycles. The standard InChI is InChI=1S/C8H8ClNO3/c1-12-6-3-5(4-11)7(9)8(10-6)13-2/h3-4H,1-2H3. The predicted molar refractivity (Wildman–Crippen MR) is 47.7 cm³/mol. The van der Waals surface area contributed by atoms with Gasteiger partial charge in [0.25, 0.3) is 0 Å². The van der Waals surface area contributed by atoms with Gasteiger partial charge in [0.2, 0.25) is 11.8 Å². The van der Waals surface area contributed by atoms with Crippen molar-refractivity contribution in [1.29, 1.82) is 0 Å². The molecule has 1 heterocycles. The molecule has 0 saturated carbocycles. The van der Waals surface area contributed by atoms with Crippen LogP contribution in [0.2, 0.25) is 5.02 Å². The van der Waals surface area contributed by atoms with Crippen LogP contribution in [-0.2, 0) is 0 Å². The Bertz CT molecular complexity index is 327. The first-order chi connectivity index (χ1) is 6.22. The first-order valence-corrected chi connectivity index (χ1v) is 3.84. The molecule has 1 aromatic rings. The monoisotopic (exact) mass is 201 g/mol. The van der Waals surface area contributed by atoms with Crippen molar-refractivity contribution in [2.24, 2.45) is 0 Å². The summed E-state index contributed by atoms with van der Waals surface area (Å²) in [6.45, 7) is 0. The number of pyridine rings is 1. The van der Waals surface area contributed by atoms with Gasteiger partial charge in [0.05, 0.1) is 14.2 Å². The highest BCUT2D eigenvalue weighted by Crippen LogP contribution is 2.28. The minimum atomic E-state index is 0.183. The van der Waals surface area contributed by atoms with Crippen LogP contribution in [0.15, 0.2) is 6.07 Å². The van der Waals surface area contributed by atoms with Crippen molar-refractivity contribution in [3.05, 3.63) is 16.7 Å². The SMILES string of the molecule is COc1cc(C=O)c(Cl)c(OC)n1. The van der Waals surface area contributed by atoms with Crippen molar-refractivity contribution in [3.63, 3.8) is 0 Å². The summed E-state index contributed by atoms with van der Waals surface area (Å²) < 4.78 is 9.69. The van der Waals surface area contributed by atoms with Gasteiger partial charge >= 0.3 is 0 Å². The fourth-order valence-electron chi connectivity index (χ4n) is 0.827. The highest BCUT2D eigenvalue weighted by atomic mass is 35.5. The van der Waals surface area contributed by atoms with Crippen LogP contribution in [0.3, 0.4) is 0 Å². The maximum absolute atomic E-state index is 10.5. The van der Waals surface area contributed by atoms with Crippen molar-refractivity contribution in [2.45, 2.75) is 0 Å². The van der Waals surface area contributed by atoms with Crippen LogP contribution in [0.25, 0.3) is 0 Å². The third-order valence-corrected chi connectivity index (χ3v) is 1.84. The van der Waals surface area contributed by atoms with E-state index in [4.69, 9.17) is 21.1 Å². The lowest BCUT2D eigenvalue weighted by atomic mass is 10.3. The molecule has 1 rings (SSSR count). The molecule has 70 valence electrons. The zero-order valence-electron chi connectivity index (χ0n) is 7.20. The summed E-state index contributed by atoms with van der Waals surface area (Å²) in [7, 11) is 2.87. The fourth-order valence-corrected chi connectivity index (χ4v) is 1.05. The topological polar surface area (TPSA) is 48.4 Å². The second-order valence-electron chi connectivity index (χ2n) is 2.19. The van der Waals surface area contributed by atoms with Crippen LogP contribution in [0.5, 0.6) is 11.8 Å². The lowest BCUT2D eigenvalue weighted by Gasteiger charge is -2.05. The number of aromatic nitrogens is 1. The van der Waals surface area contributed by atoms with Crippen LogP contribution in [-0.4, -0.2) is 25.5 Å². The number of ether oxygens (including phenoxy) is 2. The smallest absolute Gasteiger partial charge is 0.236 e. The van der Waals surface area contributed by atoms with Gasteiger partial charge in [0, 0.05) is 11.6 Å². The van der Waals surface area contributed by atoms with Crippen LogP contribution in [0, 0.1) is 0 Å². The van der Waals surface area contributed by atoms with Crippen molar-refractivity contribution in [1.82, 2.24) is 4.98 Å². The lowest BCUT2D eigenvalue weighted by molar-refractivity contribution is 0.112. The van der Waals surface area contributed by atoms with Gasteiger partial charge in [0.15, 0.2) is 6.29 Å². The first-order valence-electron chi connectivity index (χ1n) is 3.46. The van der Waals surface area contributed by atoms with Crippen molar-refractivity contribution < 1.29 is 14.3 Å². The quantitative estimate of drug-likeness (QED) is 0.697. The third-order valence-electron chi connectivity index (χ3n) is 1.46. The maximum Gasteiger partial charge on any atom is 0.236 e. The Labute approximate surface area is 80.4 Å². The van der Waals surface area contributed by atoms with Gasteiger partial charge in [-0.3, -0.25) is 4.79 Å². The van der Waals surface area contributed by atoms with E-state index in [1.807, 2.05) is 0 Å². The van der Waals surface area contributed by atoms with E-state index >= 15 is 0 Å². The molecule has 0 aliphatic heterocycles. The molecule has 0 N–H and O–H groups in total. The van der Waals surface area contributed by atoms with Crippen LogP contribution < -0.4 is 9.47 Å². The second kappa shape index (κ2) is 4.09. The summed E-state index contributed by atoms with van der Waals surface area (Å²) in [4.78, 5) is 14.4. The Morgan fingerprint density at radius 2 is 2.15 bits per heavy atom. The Morgan fingerprint density at radius 3 is 2.62 bits per heavy atom. The van der Waals surface area contributed by atoms with Crippen molar-refractivity contribution in [3.8, 4) is 11.8 Å². The average molecular weight is 202 g/mol. The normalized spacial score (nSPS) is 9.46. The van der Waals surface area contributed by atoms with E-state index in [0.717, 1.165) is 0 Å². The number of nitrogens with zero attached hydrogens (tertiary/aromatic N) is 1. The number of hydrogen-bond acceptors (Lipinski definition) is 4.